The van der Waals surface area contributed by atoms with Crippen LogP contribution in [0.4, 0.5) is 5.69 Å². The Balaban J connectivity index is 1.37. The van der Waals surface area contributed by atoms with E-state index in [-0.39, 0.29) is 10.8 Å². The van der Waals surface area contributed by atoms with Crippen LogP contribution in [-0.2, 0) is 16.4 Å². The highest BCUT2D eigenvalue weighted by Gasteiger charge is 2.19. The van der Waals surface area contributed by atoms with Crippen LogP contribution in [-0.4, -0.2) is 44.2 Å². The molecule has 0 unspecified atom stereocenters. The summed E-state index contributed by atoms with van der Waals surface area (Å²) in [7, 11) is -3.84. The van der Waals surface area contributed by atoms with Crippen LogP contribution in [0.1, 0.15) is 28.5 Å². The number of fused-ring (bicyclic) bond motifs is 1. The first-order valence-electron chi connectivity index (χ1n) is 10.0. The Morgan fingerprint density at radius 2 is 1.81 bits per heavy atom. The zero-order valence-electron chi connectivity index (χ0n) is 17.3. The van der Waals surface area contributed by atoms with Gasteiger partial charge in [-0.1, -0.05) is 5.16 Å². The number of ether oxygens (including phenoxy) is 2. The summed E-state index contributed by atoms with van der Waals surface area (Å²) in [6, 6.07) is 10.6. The number of sulfonamides is 1. The summed E-state index contributed by atoms with van der Waals surface area (Å²) >= 11 is 0. The van der Waals surface area contributed by atoms with Crippen LogP contribution in [0.2, 0.25) is 0 Å². The maximum atomic E-state index is 12.8. The van der Waals surface area contributed by atoms with Gasteiger partial charge in [-0.05, 0) is 43.3 Å². The van der Waals surface area contributed by atoms with Gasteiger partial charge in [-0.2, -0.15) is 4.98 Å². The molecule has 0 radical (unpaired) electrons. The van der Waals surface area contributed by atoms with E-state index in [4.69, 9.17) is 14.0 Å². The summed E-state index contributed by atoms with van der Waals surface area (Å²) in [5, 5.41) is 6.44. The van der Waals surface area contributed by atoms with Crippen molar-refractivity contribution in [2.75, 3.05) is 24.5 Å². The van der Waals surface area contributed by atoms with Gasteiger partial charge in [0.2, 0.25) is 5.89 Å². The lowest BCUT2D eigenvalue weighted by Gasteiger charge is -2.12. The zero-order chi connectivity index (χ0) is 22.6. The van der Waals surface area contributed by atoms with Crippen molar-refractivity contribution in [3.8, 4) is 11.5 Å². The predicted molar refractivity (Wildman–Crippen MR) is 114 cm³/mol. The number of amides is 1. The van der Waals surface area contributed by atoms with E-state index in [1.807, 2.05) is 0 Å². The molecule has 1 aliphatic heterocycles. The minimum atomic E-state index is -3.84. The average molecular weight is 458 g/mol. The van der Waals surface area contributed by atoms with Crippen molar-refractivity contribution in [3.05, 3.63) is 59.7 Å². The number of rotatable bonds is 7. The van der Waals surface area contributed by atoms with Crippen molar-refractivity contribution in [2.45, 2.75) is 24.7 Å². The Kier molecular flexibility index (Phi) is 6.26. The number of hydrogen-bond donors (Lipinski definition) is 2. The van der Waals surface area contributed by atoms with Gasteiger partial charge in [-0.15, -0.1) is 0 Å². The van der Waals surface area contributed by atoms with Gasteiger partial charge in [0.1, 0.15) is 0 Å². The standard InChI is InChI=1S/C21H22N4O6S/c1-14-23-20(31-24-14)9-10-22-21(26)15-3-5-16(6-4-15)25-32(27,28)17-7-8-18-19(13-17)30-12-2-11-29-18/h3-8,13,25H,2,9-12H2,1H3,(H,22,26). The first-order chi connectivity index (χ1) is 15.4. The number of anilines is 1. The van der Waals surface area contributed by atoms with Gasteiger partial charge in [-0.3, -0.25) is 9.52 Å². The van der Waals surface area contributed by atoms with Crippen molar-refractivity contribution in [3.63, 3.8) is 0 Å². The largest absolute Gasteiger partial charge is 0.490 e. The molecule has 32 heavy (non-hydrogen) atoms. The van der Waals surface area contributed by atoms with Crippen molar-refractivity contribution in [1.82, 2.24) is 15.5 Å². The van der Waals surface area contributed by atoms with Crippen LogP contribution < -0.4 is 19.5 Å². The molecule has 2 aromatic carbocycles. The van der Waals surface area contributed by atoms with Crippen LogP contribution in [0.3, 0.4) is 0 Å². The van der Waals surface area contributed by atoms with Gasteiger partial charge in [0.15, 0.2) is 17.3 Å². The molecule has 0 atom stereocenters. The Morgan fingerprint density at radius 1 is 1.06 bits per heavy atom. The van der Waals surface area contributed by atoms with Crippen molar-refractivity contribution in [1.29, 1.82) is 0 Å². The molecular weight excluding hydrogens is 436 g/mol. The maximum absolute atomic E-state index is 12.8. The number of benzene rings is 2. The van der Waals surface area contributed by atoms with Crippen LogP contribution >= 0.6 is 0 Å². The lowest BCUT2D eigenvalue weighted by atomic mass is 10.2. The molecule has 4 rings (SSSR count). The molecule has 0 saturated heterocycles. The number of carbonyl (C=O) groups is 1. The molecule has 0 aliphatic carbocycles. The minimum Gasteiger partial charge on any atom is -0.490 e. The molecule has 0 saturated carbocycles. The Hall–Kier alpha value is -3.60. The SMILES string of the molecule is Cc1noc(CCNC(=O)c2ccc(NS(=O)(=O)c3ccc4c(c3)OCCCO4)cc2)n1. The van der Waals surface area contributed by atoms with E-state index in [2.05, 4.69) is 20.2 Å². The first-order valence-corrected chi connectivity index (χ1v) is 11.5. The number of nitrogens with zero attached hydrogens (tertiary/aromatic N) is 2. The van der Waals surface area contributed by atoms with Crippen molar-refractivity contribution in [2.24, 2.45) is 0 Å². The first kappa shape index (κ1) is 21.6. The highest BCUT2D eigenvalue weighted by atomic mass is 32.2. The average Bonchev–Trinajstić information content (AvgIpc) is 3.04. The maximum Gasteiger partial charge on any atom is 0.262 e. The van der Waals surface area contributed by atoms with Crippen LogP contribution in [0.5, 0.6) is 11.5 Å². The lowest BCUT2D eigenvalue weighted by molar-refractivity contribution is 0.0953. The molecule has 2 N–H and O–H groups in total. The number of nitrogens with one attached hydrogen (secondary N) is 2. The van der Waals surface area contributed by atoms with E-state index >= 15 is 0 Å². The fourth-order valence-electron chi connectivity index (χ4n) is 3.04. The van der Waals surface area contributed by atoms with Crippen LogP contribution in [0.25, 0.3) is 0 Å². The van der Waals surface area contributed by atoms with E-state index in [1.165, 1.54) is 36.4 Å². The topological polar surface area (TPSA) is 133 Å². The van der Waals surface area contributed by atoms with Gasteiger partial charge in [0.25, 0.3) is 15.9 Å². The summed E-state index contributed by atoms with van der Waals surface area (Å²) in [5.41, 5.74) is 0.722. The molecule has 2 heterocycles. The quantitative estimate of drug-likeness (QED) is 0.551. The normalized spacial score (nSPS) is 13.3. The Bertz CT molecular complexity index is 1210. The molecular formula is C21H22N4O6S. The van der Waals surface area contributed by atoms with E-state index in [0.717, 1.165) is 6.42 Å². The lowest BCUT2D eigenvalue weighted by Crippen LogP contribution is -2.25. The summed E-state index contributed by atoms with van der Waals surface area (Å²) in [6.07, 6.45) is 1.14. The van der Waals surface area contributed by atoms with E-state index in [9.17, 15) is 13.2 Å². The molecule has 168 valence electrons. The summed E-state index contributed by atoms with van der Waals surface area (Å²) < 4.78 is 44.1. The Morgan fingerprint density at radius 3 is 2.53 bits per heavy atom. The molecule has 0 bridgehead atoms. The molecule has 0 fully saturated rings. The molecule has 3 aromatic rings. The van der Waals surface area contributed by atoms with Gasteiger partial charge in [0, 0.05) is 36.7 Å². The molecule has 11 heteroatoms. The third kappa shape index (κ3) is 5.17. The summed E-state index contributed by atoms with van der Waals surface area (Å²) in [5.74, 6) is 1.61. The molecule has 10 nitrogen and oxygen atoms in total. The smallest absolute Gasteiger partial charge is 0.262 e. The summed E-state index contributed by atoms with van der Waals surface area (Å²) in [6.45, 7) is 3.03. The fraction of sp³-hybridized carbons (Fsp3) is 0.286. The number of aromatic nitrogens is 2. The monoisotopic (exact) mass is 458 g/mol. The van der Waals surface area contributed by atoms with Crippen LogP contribution in [0, 0.1) is 6.92 Å². The number of carbonyl (C=O) groups excluding carboxylic acids is 1. The number of aryl methyl sites for hydroxylation is 1. The summed E-state index contributed by atoms with van der Waals surface area (Å²) in [4.78, 5) is 16.4. The molecule has 1 amide bonds. The van der Waals surface area contributed by atoms with Gasteiger partial charge >= 0.3 is 0 Å². The second-order valence-corrected chi connectivity index (χ2v) is 8.77. The van der Waals surface area contributed by atoms with Gasteiger partial charge < -0.3 is 19.3 Å². The second kappa shape index (κ2) is 9.27. The highest BCUT2D eigenvalue weighted by Crippen LogP contribution is 2.32. The van der Waals surface area contributed by atoms with E-state index < -0.39 is 10.0 Å². The highest BCUT2D eigenvalue weighted by molar-refractivity contribution is 7.92. The second-order valence-electron chi connectivity index (χ2n) is 7.08. The van der Waals surface area contributed by atoms with Crippen LogP contribution in [0.15, 0.2) is 51.9 Å². The molecule has 1 aromatic heterocycles. The van der Waals surface area contributed by atoms with E-state index in [1.54, 1.807) is 13.0 Å². The minimum absolute atomic E-state index is 0.0554. The molecule has 0 spiro atoms. The van der Waals surface area contributed by atoms with Gasteiger partial charge in [-0.25, -0.2) is 8.42 Å². The number of hydrogen-bond acceptors (Lipinski definition) is 8. The third-order valence-electron chi connectivity index (χ3n) is 4.62. The zero-order valence-corrected chi connectivity index (χ0v) is 18.1. The van der Waals surface area contributed by atoms with Crippen molar-refractivity contribution >= 4 is 21.6 Å². The van der Waals surface area contributed by atoms with E-state index in [0.29, 0.717) is 60.6 Å². The Labute approximate surface area is 185 Å². The molecule has 1 aliphatic rings. The van der Waals surface area contributed by atoms with Crippen molar-refractivity contribution < 1.29 is 27.2 Å². The third-order valence-corrected chi connectivity index (χ3v) is 6.00. The predicted octanol–water partition coefficient (Wildman–Crippen LogP) is 2.31. The fourth-order valence-corrected chi connectivity index (χ4v) is 4.11. The van der Waals surface area contributed by atoms with Gasteiger partial charge in [0.05, 0.1) is 18.1 Å².